The fraction of sp³-hybridized carbons (Fsp3) is 0.944. The van der Waals surface area contributed by atoms with Gasteiger partial charge in [0.15, 0.2) is 5.96 Å². The Morgan fingerprint density at radius 2 is 1.91 bits per heavy atom. The second-order valence-corrected chi connectivity index (χ2v) is 7.42. The second kappa shape index (κ2) is 10.1. The van der Waals surface area contributed by atoms with Crippen molar-refractivity contribution in [2.24, 2.45) is 22.7 Å². The van der Waals surface area contributed by atoms with Crippen LogP contribution in [0.5, 0.6) is 0 Å². The average Bonchev–Trinajstić information content (AvgIpc) is 3.45. The van der Waals surface area contributed by atoms with Gasteiger partial charge in [-0.15, -0.1) is 24.0 Å². The minimum absolute atomic E-state index is 0. The van der Waals surface area contributed by atoms with Gasteiger partial charge in [-0.25, -0.2) is 0 Å². The zero-order valence-electron chi connectivity index (χ0n) is 14.6. The van der Waals surface area contributed by atoms with Gasteiger partial charge in [0.2, 0.25) is 0 Å². The maximum atomic E-state index is 5.66. The van der Waals surface area contributed by atoms with Crippen molar-refractivity contribution >= 4 is 29.9 Å². The standard InChI is InChI=1S/C18H33N3O.HI/c1-19-18(20-10-5-11-22-13-14-8-9-14)21-17-12-16(17)15-6-3-2-4-7-15;/h14-17H,2-13H2,1H3,(H2,19,20,21);1H. The van der Waals surface area contributed by atoms with Crippen molar-refractivity contribution in [3.05, 3.63) is 0 Å². The van der Waals surface area contributed by atoms with E-state index in [9.17, 15) is 0 Å². The van der Waals surface area contributed by atoms with E-state index in [2.05, 4.69) is 15.6 Å². The summed E-state index contributed by atoms with van der Waals surface area (Å²) in [7, 11) is 1.87. The van der Waals surface area contributed by atoms with Crippen molar-refractivity contribution < 1.29 is 4.74 Å². The Morgan fingerprint density at radius 3 is 2.61 bits per heavy atom. The Morgan fingerprint density at radius 1 is 1.13 bits per heavy atom. The van der Waals surface area contributed by atoms with Crippen LogP contribution in [-0.2, 0) is 4.74 Å². The van der Waals surface area contributed by atoms with Gasteiger partial charge in [0.05, 0.1) is 0 Å². The number of ether oxygens (including phenoxy) is 1. The Hall–Kier alpha value is -0.0400. The third-order valence-corrected chi connectivity index (χ3v) is 5.45. The first-order chi connectivity index (χ1) is 10.9. The smallest absolute Gasteiger partial charge is 0.191 e. The highest BCUT2D eigenvalue weighted by molar-refractivity contribution is 14.0. The van der Waals surface area contributed by atoms with Gasteiger partial charge in [-0.05, 0) is 43.4 Å². The van der Waals surface area contributed by atoms with Crippen molar-refractivity contribution in [2.75, 3.05) is 26.8 Å². The summed E-state index contributed by atoms with van der Waals surface area (Å²) in [6.07, 6.45) is 12.4. The van der Waals surface area contributed by atoms with Gasteiger partial charge in [-0.1, -0.05) is 32.1 Å². The van der Waals surface area contributed by atoms with Gasteiger partial charge in [0.25, 0.3) is 0 Å². The van der Waals surface area contributed by atoms with Crippen LogP contribution in [0.15, 0.2) is 4.99 Å². The lowest BCUT2D eigenvalue weighted by Gasteiger charge is -2.22. The number of aliphatic imine (C=N–C) groups is 1. The molecule has 2 N–H and O–H groups in total. The Kier molecular flexibility index (Phi) is 8.44. The van der Waals surface area contributed by atoms with Crippen molar-refractivity contribution in [3.63, 3.8) is 0 Å². The number of guanidine groups is 1. The molecule has 3 rings (SSSR count). The van der Waals surface area contributed by atoms with E-state index in [1.165, 1.54) is 51.4 Å². The molecule has 0 radical (unpaired) electrons. The van der Waals surface area contributed by atoms with Crippen molar-refractivity contribution in [1.29, 1.82) is 0 Å². The average molecular weight is 435 g/mol. The molecule has 0 heterocycles. The number of nitrogens with one attached hydrogen (secondary N) is 2. The van der Waals surface area contributed by atoms with E-state index < -0.39 is 0 Å². The molecule has 2 unspecified atom stereocenters. The zero-order valence-corrected chi connectivity index (χ0v) is 16.9. The van der Waals surface area contributed by atoms with Crippen LogP contribution in [0, 0.1) is 17.8 Å². The predicted molar refractivity (Wildman–Crippen MR) is 107 cm³/mol. The quantitative estimate of drug-likeness (QED) is 0.265. The SMILES string of the molecule is CN=C(NCCCOCC1CC1)NC1CC1C1CCCCC1.I. The minimum atomic E-state index is 0. The molecule has 0 saturated heterocycles. The van der Waals surface area contributed by atoms with Gasteiger partial charge >= 0.3 is 0 Å². The summed E-state index contributed by atoms with van der Waals surface area (Å²) < 4.78 is 5.66. The molecule has 3 saturated carbocycles. The molecule has 0 aliphatic heterocycles. The molecule has 0 aromatic rings. The highest BCUT2D eigenvalue weighted by atomic mass is 127. The van der Waals surface area contributed by atoms with E-state index in [4.69, 9.17) is 4.74 Å². The van der Waals surface area contributed by atoms with E-state index in [-0.39, 0.29) is 24.0 Å². The van der Waals surface area contributed by atoms with Crippen molar-refractivity contribution in [3.8, 4) is 0 Å². The zero-order chi connectivity index (χ0) is 15.2. The molecule has 134 valence electrons. The fourth-order valence-electron chi connectivity index (χ4n) is 3.75. The molecular formula is C18H34IN3O. The van der Waals surface area contributed by atoms with Crippen LogP contribution >= 0.6 is 24.0 Å². The first-order valence-electron chi connectivity index (χ1n) is 9.41. The topological polar surface area (TPSA) is 45.7 Å². The predicted octanol–water partition coefficient (Wildman–Crippen LogP) is 3.55. The highest BCUT2D eigenvalue weighted by Crippen LogP contribution is 2.44. The van der Waals surface area contributed by atoms with E-state index in [1.54, 1.807) is 0 Å². The molecule has 23 heavy (non-hydrogen) atoms. The number of halogens is 1. The van der Waals surface area contributed by atoms with Gasteiger partial charge in [-0.3, -0.25) is 4.99 Å². The van der Waals surface area contributed by atoms with Gasteiger partial charge in [-0.2, -0.15) is 0 Å². The summed E-state index contributed by atoms with van der Waals surface area (Å²) in [5.74, 6) is 3.72. The molecule has 4 nitrogen and oxygen atoms in total. The molecule has 2 atom stereocenters. The maximum absolute atomic E-state index is 5.66. The first-order valence-corrected chi connectivity index (χ1v) is 9.41. The monoisotopic (exact) mass is 435 g/mol. The van der Waals surface area contributed by atoms with Crippen LogP contribution in [-0.4, -0.2) is 38.8 Å². The number of rotatable bonds is 8. The normalized spacial score (nSPS) is 28.1. The molecule has 0 spiro atoms. The van der Waals surface area contributed by atoms with E-state index in [0.29, 0.717) is 6.04 Å². The molecule has 0 bridgehead atoms. The van der Waals surface area contributed by atoms with Crippen LogP contribution in [0.3, 0.4) is 0 Å². The summed E-state index contributed by atoms with van der Waals surface area (Å²) in [6, 6.07) is 0.667. The molecule has 3 fully saturated rings. The maximum Gasteiger partial charge on any atom is 0.191 e. The van der Waals surface area contributed by atoms with Crippen LogP contribution < -0.4 is 10.6 Å². The van der Waals surface area contributed by atoms with Crippen LogP contribution in [0.2, 0.25) is 0 Å². The third-order valence-electron chi connectivity index (χ3n) is 5.45. The summed E-state index contributed by atoms with van der Waals surface area (Å²) >= 11 is 0. The third kappa shape index (κ3) is 6.77. The number of nitrogens with zero attached hydrogens (tertiary/aromatic N) is 1. The summed E-state index contributed by atoms with van der Waals surface area (Å²) in [5, 5.41) is 7.03. The molecule has 0 amide bonds. The minimum Gasteiger partial charge on any atom is -0.381 e. The molecule has 3 aliphatic rings. The molecule has 5 heteroatoms. The number of hydrogen-bond acceptors (Lipinski definition) is 2. The van der Waals surface area contributed by atoms with Crippen molar-refractivity contribution in [1.82, 2.24) is 10.6 Å². The van der Waals surface area contributed by atoms with E-state index >= 15 is 0 Å². The van der Waals surface area contributed by atoms with Crippen molar-refractivity contribution in [2.45, 2.75) is 63.8 Å². The fourth-order valence-corrected chi connectivity index (χ4v) is 3.75. The highest BCUT2D eigenvalue weighted by Gasteiger charge is 2.43. The van der Waals surface area contributed by atoms with Gasteiger partial charge in [0.1, 0.15) is 0 Å². The van der Waals surface area contributed by atoms with Crippen LogP contribution in [0.25, 0.3) is 0 Å². The van der Waals surface area contributed by atoms with E-state index in [1.807, 2.05) is 7.05 Å². The van der Waals surface area contributed by atoms with Gasteiger partial charge in [0, 0.05) is 32.8 Å². The van der Waals surface area contributed by atoms with E-state index in [0.717, 1.165) is 49.9 Å². The molecule has 3 aliphatic carbocycles. The summed E-state index contributed by atoms with van der Waals surface area (Å²) in [6.45, 7) is 2.79. The Labute approximate surface area is 158 Å². The summed E-state index contributed by atoms with van der Waals surface area (Å²) in [4.78, 5) is 4.36. The lowest BCUT2D eigenvalue weighted by molar-refractivity contribution is 0.123. The molecular weight excluding hydrogens is 401 g/mol. The Balaban J connectivity index is 0.00000192. The Bertz CT molecular complexity index is 367. The summed E-state index contributed by atoms with van der Waals surface area (Å²) in [5.41, 5.74) is 0. The molecule has 0 aromatic heterocycles. The second-order valence-electron chi connectivity index (χ2n) is 7.42. The number of hydrogen-bond donors (Lipinski definition) is 2. The largest absolute Gasteiger partial charge is 0.381 e. The van der Waals surface area contributed by atoms with Gasteiger partial charge < -0.3 is 15.4 Å². The first kappa shape index (κ1) is 19.3. The van der Waals surface area contributed by atoms with Crippen LogP contribution in [0.1, 0.15) is 57.8 Å². The van der Waals surface area contributed by atoms with Crippen LogP contribution in [0.4, 0.5) is 0 Å². The molecule has 0 aromatic carbocycles. The lowest BCUT2D eigenvalue weighted by atomic mass is 9.85. The lowest BCUT2D eigenvalue weighted by Crippen LogP contribution is -2.40.